The summed E-state index contributed by atoms with van der Waals surface area (Å²) in [6, 6.07) is 6.39. The average Bonchev–Trinajstić information content (AvgIpc) is 3.61. The van der Waals surface area contributed by atoms with E-state index in [0.29, 0.717) is 17.5 Å². The lowest BCUT2D eigenvalue weighted by molar-refractivity contribution is -0.136. The summed E-state index contributed by atoms with van der Waals surface area (Å²) in [4.78, 5) is 55.3. The smallest absolute Gasteiger partial charge is 0.262 e. The van der Waals surface area contributed by atoms with Gasteiger partial charge in [0.1, 0.15) is 6.04 Å². The maximum atomic E-state index is 13.1. The Morgan fingerprint density at radius 1 is 1.03 bits per heavy atom. The van der Waals surface area contributed by atoms with Crippen LogP contribution in [-0.2, 0) is 9.59 Å². The number of piperidine rings is 1. The van der Waals surface area contributed by atoms with Gasteiger partial charge in [-0.1, -0.05) is 0 Å². The number of carbonyl (C=O) groups excluding carboxylic acids is 4. The topological polar surface area (TPSA) is 152 Å². The highest BCUT2D eigenvalue weighted by Crippen LogP contribution is 2.45. The fourth-order valence-electron chi connectivity index (χ4n) is 5.89. The van der Waals surface area contributed by atoms with Crippen molar-refractivity contribution in [3.63, 3.8) is 0 Å². The minimum absolute atomic E-state index is 0.0966. The van der Waals surface area contributed by atoms with Gasteiger partial charge < -0.3 is 11.1 Å². The summed E-state index contributed by atoms with van der Waals surface area (Å²) in [5, 5.41) is 11.6. The third kappa shape index (κ3) is 3.64. The van der Waals surface area contributed by atoms with Gasteiger partial charge in [-0.05, 0) is 62.3 Å². The molecule has 1 unspecified atom stereocenters. The number of hydrogen-bond acceptors (Lipinski definition) is 8. The molecule has 2 aromatic heterocycles. The van der Waals surface area contributed by atoms with Crippen molar-refractivity contribution in [2.45, 2.75) is 56.5 Å². The van der Waals surface area contributed by atoms with Gasteiger partial charge in [-0.3, -0.25) is 29.4 Å². The van der Waals surface area contributed by atoms with Crippen molar-refractivity contribution >= 4 is 46.0 Å². The summed E-state index contributed by atoms with van der Waals surface area (Å²) in [6.45, 7) is 0.726. The summed E-state index contributed by atoms with van der Waals surface area (Å²) >= 11 is 0. The quantitative estimate of drug-likeness (QED) is 0.425. The maximum absolute atomic E-state index is 13.1. The monoisotopic (exact) mass is 513 g/mol. The first-order valence-electron chi connectivity index (χ1n) is 13.1. The number of carbonyl (C=O) groups is 4. The number of pyridine rings is 1. The molecule has 3 fully saturated rings. The number of rotatable bonds is 6. The lowest BCUT2D eigenvalue weighted by Gasteiger charge is -2.35. The van der Waals surface area contributed by atoms with Crippen LogP contribution >= 0.6 is 0 Å². The Labute approximate surface area is 217 Å². The van der Waals surface area contributed by atoms with Crippen LogP contribution in [0.4, 0.5) is 11.4 Å². The van der Waals surface area contributed by atoms with E-state index in [2.05, 4.69) is 20.3 Å². The number of nitrogens with one attached hydrogen (secondary N) is 2. The standard InChI is InChI=1S/C27H27N7O4/c28-15-9-20-23(14-1-2-14)32-34(24(20)30-12-15)17-7-13(8-17)11-29-16-3-4-18-19(10-16)27(38)33(26(18)37)21-5-6-22(35)31-25(21)36/h3-4,9-10,12-14,17,21,29H,1-2,5-8,11,28H2,(H,31,35,36). The molecule has 0 spiro atoms. The van der Waals surface area contributed by atoms with Crippen molar-refractivity contribution in [1.29, 1.82) is 0 Å². The first-order chi connectivity index (χ1) is 18.4. The average molecular weight is 514 g/mol. The van der Waals surface area contributed by atoms with Crippen molar-refractivity contribution in [3.8, 4) is 0 Å². The molecule has 4 aliphatic rings. The third-order valence-electron chi connectivity index (χ3n) is 8.15. The van der Waals surface area contributed by atoms with Crippen LogP contribution in [0, 0.1) is 5.92 Å². The van der Waals surface area contributed by atoms with Gasteiger partial charge in [0, 0.05) is 30.0 Å². The Morgan fingerprint density at radius 2 is 1.82 bits per heavy atom. The van der Waals surface area contributed by atoms with E-state index in [0.717, 1.165) is 59.5 Å². The van der Waals surface area contributed by atoms with Gasteiger partial charge in [0.2, 0.25) is 11.8 Å². The lowest BCUT2D eigenvalue weighted by Crippen LogP contribution is -2.54. The Balaban J connectivity index is 1.01. The number of imide groups is 2. The predicted octanol–water partition coefficient (Wildman–Crippen LogP) is 2.36. The molecule has 11 nitrogen and oxygen atoms in total. The van der Waals surface area contributed by atoms with Crippen LogP contribution in [0.1, 0.15) is 76.9 Å². The Bertz CT molecular complexity index is 1540. The second-order valence-electron chi connectivity index (χ2n) is 10.8. The molecule has 1 aromatic carbocycles. The van der Waals surface area contributed by atoms with Crippen LogP contribution in [-0.4, -0.2) is 55.9 Å². The molecule has 38 heavy (non-hydrogen) atoms. The largest absolute Gasteiger partial charge is 0.397 e. The van der Waals surface area contributed by atoms with Crippen molar-refractivity contribution in [2.75, 3.05) is 17.6 Å². The fourth-order valence-corrected chi connectivity index (χ4v) is 5.89. The van der Waals surface area contributed by atoms with E-state index in [-0.39, 0.29) is 30.0 Å². The van der Waals surface area contributed by atoms with Crippen LogP contribution in [0.15, 0.2) is 30.5 Å². The molecule has 0 bridgehead atoms. The second kappa shape index (κ2) is 8.37. The lowest BCUT2D eigenvalue weighted by atomic mass is 9.80. The number of anilines is 2. The van der Waals surface area contributed by atoms with Crippen LogP contribution in [0.25, 0.3) is 11.0 Å². The highest BCUT2D eigenvalue weighted by Gasteiger charge is 2.44. The molecular formula is C27H27N7O4. The first kappa shape index (κ1) is 22.9. The summed E-state index contributed by atoms with van der Waals surface area (Å²) in [5.41, 5.74) is 9.96. The molecule has 194 valence electrons. The molecule has 2 aliphatic heterocycles. The first-order valence-corrected chi connectivity index (χ1v) is 13.1. The van der Waals surface area contributed by atoms with Crippen LogP contribution < -0.4 is 16.4 Å². The number of amides is 4. The summed E-state index contributed by atoms with van der Waals surface area (Å²) in [6.07, 6.45) is 6.18. The van der Waals surface area contributed by atoms with E-state index in [1.807, 2.05) is 6.07 Å². The van der Waals surface area contributed by atoms with Gasteiger partial charge in [-0.25, -0.2) is 9.67 Å². The molecule has 11 heteroatoms. The number of nitrogens with zero attached hydrogens (tertiary/aromatic N) is 4. The van der Waals surface area contributed by atoms with Crippen LogP contribution in [0.2, 0.25) is 0 Å². The van der Waals surface area contributed by atoms with Crippen molar-refractivity contribution < 1.29 is 19.2 Å². The molecule has 1 atom stereocenters. The zero-order chi connectivity index (χ0) is 26.1. The molecule has 3 aromatic rings. The SMILES string of the molecule is Nc1cnc2c(c1)c(C1CC1)nn2C1CC(CNc2ccc3c(c2)C(=O)N(C2CCC(=O)NC2=O)C3=O)C1. The van der Waals surface area contributed by atoms with Gasteiger partial charge in [-0.2, -0.15) is 5.10 Å². The third-order valence-corrected chi connectivity index (χ3v) is 8.15. The Hall–Kier alpha value is -4.28. The Kier molecular flexibility index (Phi) is 5.04. The minimum Gasteiger partial charge on any atom is -0.397 e. The summed E-state index contributed by atoms with van der Waals surface area (Å²) in [7, 11) is 0. The number of aromatic nitrogens is 3. The van der Waals surface area contributed by atoms with Gasteiger partial charge in [-0.15, -0.1) is 0 Å². The van der Waals surface area contributed by atoms with E-state index < -0.39 is 29.7 Å². The molecule has 2 aliphatic carbocycles. The molecule has 2 saturated carbocycles. The van der Waals surface area contributed by atoms with E-state index >= 15 is 0 Å². The minimum atomic E-state index is -0.965. The number of nitrogen functional groups attached to an aromatic ring is 1. The van der Waals surface area contributed by atoms with Crippen LogP contribution in [0.5, 0.6) is 0 Å². The Morgan fingerprint density at radius 3 is 2.58 bits per heavy atom. The molecule has 4 N–H and O–H groups in total. The van der Waals surface area contributed by atoms with Crippen molar-refractivity contribution in [1.82, 2.24) is 25.0 Å². The second-order valence-corrected chi connectivity index (χ2v) is 10.8. The summed E-state index contributed by atoms with van der Waals surface area (Å²) in [5.74, 6) is -1.06. The molecule has 4 heterocycles. The van der Waals surface area contributed by atoms with Crippen LogP contribution in [0.3, 0.4) is 0 Å². The normalized spacial score (nSPS) is 24.9. The van der Waals surface area contributed by atoms with Crippen molar-refractivity contribution in [2.24, 2.45) is 5.92 Å². The van der Waals surface area contributed by atoms with E-state index in [1.165, 1.54) is 0 Å². The number of fused-ring (bicyclic) bond motifs is 2. The zero-order valence-corrected chi connectivity index (χ0v) is 20.6. The molecule has 0 radical (unpaired) electrons. The maximum Gasteiger partial charge on any atom is 0.262 e. The summed E-state index contributed by atoms with van der Waals surface area (Å²) < 4.78 is 2.07. The molecular weight excluding hydrogens is 486 g/mol. The highest BCUT2D eigenvalue weighted by atomic mass is 16.2. The van der Waals surface area contributed by atoms with Crippen molar-refractivity contribution in [3.05, 3.63) is 47.3 Å². The number of nitrogens with two attached hydrogens (primary N) is 1. The molecule has 7 rings (SSSR count). The van der Waals surface area contributed by atoms with E-state index in [4.69, 9.17) is 10.8 Å². The number of hydrogen-bond donors (Lipinski definition) is 3. The molecule has 4 amide bonds. The van der Waals surface area contributed by atoms with E-state index in [1.54, 1.807) is 24.4 Å². The highest BCUT2D eigenvalue weighted by molar-refractivity contribution is 6.23. The fraction of sp³-hybridized carbons (Fsp3) is 0.407. The number of benzene rings is 1. The van der Waals surface area contributed by atoms with Gasteiger partial charge in [0.05, 0.1) is 34.7 Å². The predicted molar refractivity (Wildman–Crippen MR) is 137 cm³/mol. The van der Waals surface area contributed by atoms with Gasteiger partial charge >= 0.3 is 0 Å². The zero-order valence-electron chi connectivity index (χ0n) is 20.6. The van der Waals surface area contributed by atoms with E-state index in [9.17, 15) is 19.2 Å². The van der Waals surface area contributed by atoms with Gasteiger partial charge in [0.15, 0.2) is 5.65 Å². The van der Waals surface area contributed by atoms with Gasteiger partial charge in [0.25, 0.3) is 11.8 Å². The molecule has 1 saturated heterocycles.